The topological polar surface area (TPSA) is 35.6 Å². The summed E-state index contributed by atoms with van der Waals surface area (Å²) >= 11 is 0. The summed E-state index contributed by atoms with van der Waals surface area (Å²) in [5, 5.41) is 3.34. The van der Waals surface area contributed by atoms with Gasteiger partial charge in [-0.1, -0.05) is 44.2 Å². The minimum atomic E-state index is -0.219. The van der Waals surface area contributed by atoms with Gasteiger partial charge < -0.3 is 15.1 Å². The van der Waals surface area contributed by atoms with Gasteiger partial charge in [-0.05, 0) is 42.7 Å². The molecular formula is C22H29N3O. The molecule has 0 aromatic heterocycles. The summed E-state index contributed by atoms with van der Waals surface area (Å²) in [6.45, 7) is 9.62. The van der Waals surface area contributed by atoms with E-state index in [4.69, 9.17) is 0 Å². The zero-order chi connectivity index (χ0) is 18.5. The maximum atomic E-state index is 12.8. The fourth-order valence-corrected chi connectivity index (χ4v) is 3.37. The van der Waals surface area contributed by atoms with Gasteiger partial charge in [-0.25, -0.2) is 0 Å². The van der Waals surface area contributed by atoms with Gasteiger partial charge in [0.25, 0.3) is 0 Å². The van der Waals surface area contributed by atoms with Crippen LogP contribution in [0.4, 0.5) is 11.4 Å². The number of hydrogen-bond acceptors (Lipinski definition) is 3. The van der Waals surface area contributed by atoms with Crippen molar-refractivity contribution in [3.63, 3.8) is 0 Å². The van der Waals surface area contributed by atoms with E-state index in [1.54, 1.807) is 0 Å². The minimum Gasteiger partial charge on any atom is -0.374 e. The van der Waals surface area contributed by atoms with Crippen LogP contribution in [0.3, 0.4) is 0 Å². The van der Waals surface area contributed by atoms with Gasteiger partial charge in [0.2, 0.25) is 5.91 Å². The second-order valence-electron chi connectivity index (χ2n) is 7.29. The SMILES string of the molecule is CC(Nc1ccc(C(C)C)cc1)C(=O)N1CCN(c2ccccc2)CC1. The highest BCUT2D eigenvalue weighted by atomic mass is 16.2. The van der Waals surface area contributed by atoms with Gasteiger partial charge in [0.05, 0.1) is 0 Å². The Morgan fingerprint density at radius 2 is 1.50 bits per heavy atom. The molecule has 1 atom stereocenters. The number of carbonyl (C=O) groups excluding carboxylic acids is 1. The van der Waals surface area contributed by atoms with Crippen molar-refractivity contribution in [1.29, 1.82) is 0 Å². The number of anilines is 2. The molecule has 26 heavy (non-hydrogen) atoms. The van der Waals surface area contributed by atoms with E-state index >= 15 is 0 Å². The molecule has 1 heterocycles. The number of rotatable bonds is 5. The Kier molecular flexibility index (Phi) is 5.82. The van der Waals surface area contributed by atoms with Crippen LogP contribution in [0.1, 0.15) is 32.3 Å². The number of benzene rings is 2. The fraction of sp³-hybridized carbons (Fsp3) is 0.409. The van der Waals surface area contributed by atoms with Crippen LogP contribution >= 0.6 is 0 Å². The zero-order valence-electron chi connectivity index (χ0n) is 16.0. The molecule has 1 N–H and O–H groups in total. The second kappa shape index (κ2) is 8.26. The van der Waals surface area contributed by atoms with Crippen molar-refractivity contribution in [2.75, 3.05) is 36.4 Å². The number of piperazine rings is 1. The van der Waals surface area contributed by atoms with E-state index in [1.807, 2.05) is 17.9 Å². The van der Waals surface area contributed by atoms with Crippen molar-refractivity contribution in [3.05, 3.63) is 60.2 Å². The molecule has 138 valence electrons. The van der Waals surface area contributed by atoms with E-state index in [0.717, 1.165) is 31.9 Å². The normalized spacial score (nSPS) is 15.8. The molecule has 4 heteroatoms. The molecule has 4 nitrogen and oxygen atoms in total. The van der Waals surface area contributed by atoms with E-state index < -0.39 is 0 Å². The van der Waals surface area contributed by atoms with Gasteiger partial charge in [0.15, 0.2) is 0 Å². The third-order valence-corrected chi connectivity index (χ3v) is 5.04. The molecule has 0 saturated carbocycles. The Labute approximate surface area is 156 Å². The predicted octanol–water partition coefficient (Wildman–Crippen LogP) is 3.96. The minimum absolute atomic E-state index is 0.172. The molecule has 1 fully saturated rings. The molecule has 1 saturated heterocycles. The second-order valence-corrected chi connectivity index (χ2v) is 7.29. The van der Waals surface area contributed by atoms with Crippen molar-refractivity contribution < 1.29 is 4.79 Å². The lowest BCUT2D eigenvalue weighted by molar-refractivity contribution is -0.131. The molecule has 2 aromatic rings. The summed E-state index contributed by atoms with van der Waals surface area (Å²) in [6.07, 6.45) is 0. The van der Waals surface area contributed by atoms with Crippen LogP contribution in [0.5, 0.6) is 0 Å². The van der Waals surface area contributed by atoms with Crippen LogP contribution in [-0.4, -0.2) is 43.0 Å². The standard InChI is InChI=1S/C22H29N3O/c1-17(2)19-9-11-20(12-10-19)23-18(3)22(26)25-15-13-24(14-16-25)21-7-5-4-6-8-21/h4-12,17-18,23H,13-16H2,1-3H3. The maximum absolute atomic E-state index is 12.8. The van der Waals surface area contributed by atoms with E-state index in [9.17, 15) is 4.79 Å². The van der Waals surface area contributed by atoms with Gasteiger partial charge in [-0.15, -0.1) is 0 Å². The summed E-state index contributed by atoms with van der Waals surface area (Å²) in [5.41, 5.74) is 3.54. The van der Waals surface area contributed by atoms with Crippen LogP contribution < -0.4 is 10.2 Å². The van der Waals surface area contributed by atoms with Gasteiger partial charge in [-0.3, -0.25) is 4.79 Å². The van der Waals surface area contributed by atoms with Crippen LogP contribution in [0.15, 0.2) is 54.6 Å². The Balaban J connectivity index is 1.53. The van der Waals surface area contributed by atoms with E-state index in [1.165, 1.54) is 11.3 Å². The Bertz CT molecular complexity index is 704. The number of amides is 1. The quantitative estimate of drug-likeness (QED) is 0.886. The van der Waals surface area contributed by atoms with Gasteiger partial charge in [-0.2, -0.15) is 0 Å². The summed E-state index contributed by atoms with van der Waals surface area (Å²) < 4.78 is 0. The Morgan fingerprint density at radius 1 is 0.885 bits per heavy atom. The molecule has 1 aliphatic heterocycles. The van der Waals surface area contributed by atoms with E-state index in [-0.39, 0.29) is 11.9 Å². The third kappa shape index (κ3) is 4.37. The van der Waals surface area contributed by atoms with Crippen LogP contribution in [0, 0.1) is 0 Å². The lowest BCUT2D eigenvalue weighted by atomic mass is 10.0. The maximum Gasteiger partial charge on any atom is 0.244 e. The van der Waals surface area contributed by atoms with Gasteiger partial charge >= 0.3 is 0 Å². The largest absolute Gasteiger partial charge is 0.374 e. The highest BCUT2D eigenvalue weighted by Crippen LogP contribution is 2.19. The summed E-state index contributed by atoms with van der Waals surface area (Å²) in [5.74, 6) is 0.690. The first-order valence-electron chi connectivity index (χ1n) is 9.50. The number of hydrogen-bond donors (Lipinski definition) is 1. The van der Waals surface area contributed by atoms with Gasteiger partial charge in [0, 0.05) is 37.6 Å². The predicted molar refractivity (Wildman–Crippen MR) is 109 cm³/mol. The molecule has 0 bridgehead atoms. The van der Waals surface area contributed by atoms with Crippen LogP contribution in [0.25, 0.3) is 0 Å². The first-order valence-corrected chi connectivity index (χ1v) is 9.50. The molecule has 0 aliphatic carbocycles. The first-order chi connectivity index (χ1) is 12.5. The summed E-state index contributed by atoms with van der Waals surface area (Å²) in [6, 6.07) is 18.6. The molecule has 0 spiro atoms. The summed E-state index contributed by atoms with van der Waals surface area (Å²) in [7, 11) is 0. The summed E-state index contributed by atoms with van der Waals surface area (Å²) in [4.78, 5) is 17.1. The Hall–Kier alpha value is -2.49. The third-order valence-electron chi connectivity index (χ3n) is 5.04. The van der Waals surface area contributed by atoms with Crippen LogP contribution in [0.2, 0.25) is 0 Å². The number of para-hydroxylation sites is 1. The van der Waals surface area contributed by atoms with Crippen LogP contribution in [-0.2, 0) is 4.79 Å². The average Bonchev–Trinajstić information content (AvgIpc) is 2.68. The number of nitrogens with zero attached hydrogens (tertiary/aromatic N) is 2. The first kappa shape index (κ1) is 18.3. The molecule has 1 amide bonds. The van der Waals surface area contributed by atoms with Crippen molar-refractivity contribution >= 4 is 17.3 Å². The lowest BCUT2D eigenvalue weighted by Gasteiger charge is -2.37. The smallest absolute Gasteiger partial charge is 0.244 e. The van der Waals surface area contributed by atoms with Crippen molar-refractivity contribution in [2.45, 2.75) is 32.7 Å². The van der Waals surface area contributed by atoms with Crippen molar-refractivity contribution in [2.24, 2.45) is 0 Å². The molecule has 0 radical (unpaired) electrons. The fourth-order valence-electron chi connectivity index (χ4n) is 3.37. The van der Waals surface area contributed by atoms with E-state index in [0.29, 0.717) is 5.92 Å². The Morgan fingerprint density at radius 3 is 2.08 bits per heavy atom. The zero-order valence-corrected chi connectivity index (χ0v) is 16.0. The molecule has 1 aliphatic rings. The van der Waals surface area contributed by atoms with E-state index in [2.05, 4.69) is 72.6 Å². The molecular weight excluding hydrogens is 322 g/mol. The van der Waals surface area contributed by atoms with Crippen molar-refractivity contribution in [1.82, 2.24) is 4.90 Å². The molecule has 3 rings (SSSR count). The molecule has 2 aromatic carbocycles. The number of carbonyl (C=O) groups is 1. The highest BCUT2D eigenvalue weighted by Gasteiger charge is 2.25. The highest BCUT2D eigenvalue weighted by molar-refractivity contribution is 5.84. The van der Waals surface area contributed by atoms with Gasteiger partial charge in [0.1, 0.15) is 6.04 Å². The number of nitrogens with one attached hydrogen (secondary N) is 1. The average molecular weight is 351 g/mol. The van der Waals surface area contributed by atoms with Crippen molar-refractivity contribution in [3.8, 4) is 0 Å². The monoisotopic (exact) mass is 351 g/mol. The lowest BCUT2D eigenvalue weighted by Crippen LogP contribution is -2.52. The molecule has 1 unspecified atom stereocenters.